The van der Waals surface area contributed by atoms with Crippen LogP contribution in [0, 0.1) is 6.92 Å². The Bertz CT molecular complexity index is 449. The van der Waals surface area contributed by atoms with E-state index in [-0.39, 0.29) is 5.91 Å². The van der Waals surface area contributed by atoms with Crippen molar-refractivity contribution in [2.45, 2.75) is 19.4 Å². The standard InChI is InChI=1S/C13H17ClN2O2/c1-9-8-10(14)2-3-11(9)16-6-7-18-12(4-5-15)13(16)17/h2-3,8,12H,4-7,15H2,1H3. The van der Waals surface area contributed by atoms with Crippen LogP contribution in [-0.2, 0) is 9.53 Å². The van der Waals surface area contributed by atoms with Crippen molar-refractivity contribution in [3.63, 3.8) is 0 Å². The van der Waals surface area contributed by atoms with Gasteiger partial charge in [0.05, 0.1) is 6.61 Å². The van der Waals surface area contributed by atoms with Crippen LogP contribution < -0.4 is 10.6 Å². The normalized spacial score (nSPS) is 20.3. The maximum atomic E-state index is 12.3. The van der Waals surface area contributed by atoms with Gasteiger partial charge in [-0.25, -0.2) is 0 Å². The second kappa shape index (κ2) is 5.69. The first-order valence-corrected chi connectivity index (χ1v) is 6.40. The quantitative estimate of drug-likeness (QED) is 0.908. The topological polar surface area (TPSA) is 55.6 Å². The molecule has 18 heavy (non-hydrogen) atoms. The number of benzene rings is 1. The monoisotopic (exact) mass is 268 g/mol. The molecule has 0 bridgehead atoms. The SMILES string of the molecule is Cc1cc(Cl)ccc1N1CCOC(CCN)C1=O. The summed E-state index contributed by atoms with van der Waals surface area (Å²) in [4.78, 5) is 14.0. The van der Waals surface area contributed by atoms with Crippen molar-refractivity contribution in [2.75, 3.05) is 24.6 Å². The highest BCUT2D eigenvalue weighted by Crippen LogP contribution is 2.26. The molecule has 5 heteroatoms. The number of carbonyl (C=O) groups is 1. The van der Waals surface area contributed by atoms with Gasteiger partial charge in [-0.15, -0.1) is 0 Å². The highest BCUT2D eigenvalue weighted by molar-refractivity contribution is 6.30. The van der Waals surface area contributed by atoms with Crippen LogP contribution in [0.2, 0.25) is 5.02 Å². The van der Waals surface area contributed by atoms with Gasteiger partial charge in [0.25, 0.3) is 5.91 Å². The summed E-state index contributed by atoms with van der Waals surface area (Å²) >= 11 is 5.93. The number of aryl methyl sites for hydroxylation is 1. The van der Waals surface area contributed by atoms with Crippen LogP contribution in [0.15, 0.2) is 18.2 Å². The number of carbonyl (C=O) groups excluding carboxylic acids is 1. The highest BCUT2D eigenvalue weighted by Gasteiger charge is 2.30. The Balaban J connectivity index is 2.24. The first-order valence-electron chi connectivity index (χ1n) is 6.02. The molecule has 1 fully saturated rings. The van der Waals surface area contributed by atoms with Crippen LogP contribution in [0.5, 0.6) is 0 Å². The Labute approximate surface area is 112 Å². The number of nitrogens with two attached hydrogens (primary N) is 1. The summed E-state index contributed by atoms with van der Waals surface area (Å²) in [5.41, 5.74) is 7.38. The molecule has 0 radical (unpaired) electrons. The van der Waals surface area contributed by atoms with Crippen LogP contribution in [0.3, 0.4) is 0 Å². The van der Waals surface area contributed by atoms with Crippen LogP contribution in [0.1, 0.15) is 12.0 Å². The van der Waals surface area contributed by atoms with Crippen molar-refractivity contribution in [2.24, 2.45) is 5.73 Å². The molecule has 1 amide bonds. The number of ether oxygens (including phenoxy) is 1. The average Bonchev–Trinajstić information content (AvgIpc) is 2.33. The fourth-order valence-corrected chi connectivity index (χ4v) is 2.39. The third-order valence-electron chi connectivity index (χ3n) is 3.05. The van der Waals surface area contributed by atoms with E-state index in [1.54, 1.807) is 11.0 Å². The van der Waals surface area contributed by atoms with Gasteiger partial charge in [-0.1, -0.05) is 11.6 Å². The Morgan fingerprint density at radius 3 is 3.00 bits per heavy atom. The maximum absolute atomic E-state index is 12.3. The van der Waals surface area contributed by atoms with Gasteiger partial charge in [0.1, 0.15) is 6.10 Å². The summed E-state index contributed by atoms with van der Waals surface area (Å²) in [5, 5.41) is 0.676. The van der Waals surface area contributed by atoms with Crippen molar-refractivity contribution < 1.29 is 9.53 Å². The van der Waals surface area contributed by atoms with Gasteiger partial charge in [-0.2, -0.15) is 0 Å². The number of halogens is 1. The Morgan fingerprint density at radius 1 is 1.56 bits per heavy atom. The number of hydrogen-bond donors (Lipinski definition) is 1. The van der Waals surface area contributed by atoms with Gasteiger partial charge < -0.3 is 15.4 Å². The molecule has 0 spiro atoms. The molecular formula is C13H17ClN2O2. The second-order valence-corrected chi connectivity index (χ2v) is 4.79. The van der Waals surface area contributed by atoms with E-state index in [1.807, 2.05) is 19.1 Å². The van der Waals surface area contributed by atoms with Gasteiger partial charge in [-0.05, 0) is 43.7 Å². The molecule has 98 valence electrons. The van der Waals surface area contributed by atoms with Gasteiger partial charge in [-0.3, -0.25) is 4.79 Å². The fourth-order valence-electron chi connectivity index (χ4n) is 2.16. The minimum atomic E-state index is -0.418. The van der Waals surface area contributed by atoms with Gasteiger partial charge in [0.2, 0.25) is 0 Å². The molecule has 1 aliphatic rings. The number of amides is 1. The third kappa shape index (κ3) is 2.66. The van der Waals surface area contributed by atoms with Crippen molar-refractivity contribution >= 4 is 23.2 Å². The highest BCUT2D eigenvalue weighted by atomic mass is 35.5. The number of rotatable bonds is 3. The van der Waals surface area contributed by atoms with E-state index in [0.717, 1.165) is 11.3 Å². The van der Waals surface area contributed by atoms with Crippen LogP contribution in [0.25, 0.3) is 0 Å². The molecule has 1 aliphatic heterocycles. The summed E-state index contributed by atoms with van der Waals surface area (Å²) < 4.78 is 5.45. The fraction of sp³-hybridized carbons (Fsp3) is 0.462. The molecule has 2 N–H and O–H groups in total. The Kier molecular flexibility index (Phi) is 4.22. The Morgan fingerprint density at radius 2 is 2.33 bits per heavy atom. The summed E-state index contributed by atoms with van der Waals surface area (Å²) in [5.74, 6) is -0.0166. The van der Waals surface area contributed by atoms with E-state index in [2.05, 4.69) is 0 Å². The van der Waals surface area contributed by atoms with Gasteiger partial charge in [0.15, 0.2) is 0 Å². The first-order chi connectivity index (χ1) is 8.63. The molecule has 4 nitrogen and oxygen atoms in total. The molecule has 1 heterocycles. The molecule has 1 unspecified atom stereocenters. The summed E-state index contributed by atoms with van der Waals surface area (Å²) in [6, 6.07) is 5.53. The largest absolute Gasteiger partial charge is 0.366 e. The molecule has 1 atom stereocenters. The van der Waals surface area contributed by atoms with Crippen LogP contribution >= 0.6 is 11.6 Å². The van der Waals surface area contributed by atoms with E-state index < -0.39 is 6.10 Å². The lowest BCUT2D eigenvalue weighted by Gasteiger charge is -2.33. The van der Waals surface area contributed by atoms with E-state index in [0.29, 0.717) is 31.1 Å². The molecule has 1 saturated heterocycles. The molecule has 2 rings (SSSR count). The second-order valence-electron chi connectivity index (χ2n) is 4.36. The lowest BCUT2D eigenvalue weighted by atomic mass is 10.1. The molecule has 1 aromatic rings. The van der Waals surface area contributed by atoms with E-state index in [9.17, 15) is 4.79 Å². The third-order valence-corrected chi connectivity index (χ3v) is 3.29. The Hall–Kier alpha value is -1.10. The zero-order valence-electron chi connectivity index (χ0n) is 10.4. The lowest BCUT2D eigenvalue weighted by molar-refractivity contribution is -0.134. The predicted molar refractivity (Wildman–Crippen MR) is 72.0 cm³/mol. The molecule has 1 aromatic carbocycles. The lowest BCUT2D eigenvalue weighted by Crippen LogP contribution is -2.48. The van der Waals surface area contributed by atoms with Crippen molar-refractivity contribution in [1.29, 1.82) is 0 Å². The zero-order chi connectivity index (χ0) is 13.1. The smallest absolute Gasteiger partial charge is 0.256 e. The van der Waals surface area contributed by atoms with E-state index in [1.165, 1.54) is 0 Å². The summed E-state index contributed by atoms with van der Waals surface area (Å²) in [6.07, 6.45) is 0.140. The number of morpholine rings is 1. The molecule has 0 aliphatic carbocycles. The average molecular weight is 269 g/mol. The number of hydrogen-bond acceptors (Lipinski definition) is 3. The molecule has 0 aromatic heterocycles. The van der Waals surface area contributed by atoms with E-state index in [4.69, 9.17) is 22.1 Å². The van der Waals surface area contributed by atoms with Crippen molar-refractivity contribution in [3.8, 4) is 0 Å². The minimum Gasteiger partial charge on any atom is -0.366 e. The van der Waals surface area contributed by atoms with E-state index >= 15 is 0 Å². The van der Waals surface area contributed by atoms with Crippen LogP contribution in [0.4, 0.5) is 5.69 Å². The van der Waals surface area contributed by atoms with Gasteiger partial charge in [0, 0.05) is 17.3 Å². The number of anilines is 1. The summed E-state index contributed by atoms with van der Waals surface area (Å²) in [7, 11) is 0. The molecule has 0 saturated carbocycles. The predicted octanol–water partition coefficient (Wildman–Crippen LogP) is 1.73. The maximum Gasteiger partial charge on any atom is 0.256 e. The zero-order valence-corrected chi connectivity index (χ0v) is 11.1. The van der Waals surface area contributed by atoms with Crippen LogP contribution in [-0.4, -0.2) is 31.7 Å². The van der Waals surface area contributed by atoms with Gasteiger partial charge >= 0.3 is 0 Å². The first kappa shape index (κ1) is 13.3. The van der Waals surface area contributed by atoms with Crippen molar-refractivity contribution in [1.82, 2.24) is 0 Å². The number of nitrogens with zero attached hydrogens (tertiary/aromatic N) is 1. The summed E-state index contributed by atoms with van der Waals surface area (Å²) in [6.45, 7) is 3.51. The minimum absolute atomic E-state index is 0.0166. The van der Waals surface area contributed by atoms with Crippen molar-refractivity contribution in [3.05, 3.63) is 28.8 Å². The molecular weight excluding hydrogens is 252 g/mol.